The summed E-state index contributed by atoms with van der Waals surface area (Å²) in [6, 6.07) is 17.3. The van der Waals surface area contributed by atoms with Crippen LogP contribution in [0, 0.1) is 0 Å². The van der Waals surface area contributed by atoms with Gasteiger partial charge >= 0.3 is 0 Å². The highest BCUT2D eigenvalue weighted by Gasteiger charge is 2.23. The predicted octanol–water partition coefficient (Wildman–Crippen LogP) is 3.20. The Morgan fingerprint density at radius 1 is 1.00 bits per heavy atom. The Morgan fingerprint density at radius 2 is 1.70 bits per heavy atom. The van der Waals surface area contributed by atoms with Crippen molar-refractivity contribution in [2.24, 2.45) is 0 Å². The molecule has 30 heavy (non-hydrogen) atoms. The summed E-state index contributed by atoms with van der Waals surface area (Å²) in [6.07, 6.45) is 2.72. The van der Waals surface area contributed by atoms with Gasteiger partial charge in [-0.05, 0) is 43.0 Å². The molecule has 160 valence electrons. The number of aryl methyl sites for hydroxylation is 1. The van der Waals surface area contributed by atoms with Gasteiger partial charge in [-0.3, -0.25) is 9.59 Å². The van der Waals surface area contributed by atoms with Gasteiger partial charge in [-0.2, -0.15) is 0 Å². The van der Waals surface area contributed by atoms with E-state index in [9.17, 15) is 9.59 Å². The molecule has 1 heterocycles. The van der Waals surface area contributed by atoms with Crippen LogP contribution < -0.4 is 14.8 Å². The SMILES string of the molecule is CCc1ccccc1OCC(=O)NC1CCN(C(=O)CCOc2ccccc2)CC1. The molecule has 1 fully saturated rings. The lowest BCUT2D eigenvalue weighted by atomic mass is 10.0. The number of benzene rings is 2. The van der Waals surface area contributed by atoms with Crippen molar-refractivity contribution in [2.45, 2.75) is 38.6 Å². The molecule has 2 aromatic carbocycles. The number of rotatable bonds is 9. The summed E-state index contributed by atoms with van der Waals surface area (Å²) in [4.78, 5) is 26.5. The van der Waals surface area contributed by atoms with Crippen molar-refractivity contribution in [3.05, 3.63) is 60.2 Å². The summed E-state index contributed by atoms with van der Waals surface area (Å²) < 4.78 is 11.3. The summed E-state index contributed by atoms with van der Waals surface area (Å²) >= 11 is 0. The first-order valence-electron chi connectivity index (χ1n) is 10.6. The van der Waals surface area contributed by atoms with Gasteiger partial charge in [-0.25, -0.2) is 0 Å². The Balaban J connectivity index is 1.33. The van der Waals surface area contributed by atoms with Gasteiger partial charge < -0.3 is 19.7 Å². The van der Waals surface area contributed by atoms with Crippen LogP contribution in [0.15, 0.2) is 54.6 Å². The minimum Gasteiger partial charge on any atom is -0.493 e. The van der Waals surface area contributed by atoms with Crippen LogP contribution in [0.5, 0.6) is 11.5 Å². The average molecular weight is 411 g/mol. The molecule has 0 bridgehead atoms. The summed E-state index contributed by atoms with van der Waals surface area (Å²) in [6.45, 7) is 3.73. The van der Waals surface area contributed by atoms with E-state index in [0.29, 0.717) is 26.1 Å². The number of nitrogens with zero attached hydrogens (tertiary/aromatic N) is 1. The summed E-state index contributed by atoms with van der Waals surface area (Å²) in [5.41, 5.74) is 1.09. The Labute approximate surface area is 178 Å². The summed E-state index contributed by atoms with van der Waals surface area (Å²) in [7, 11) is 0. The third-order valence-electron chi connectivity index (χ3n) is 5.25. The molecular weight excluding hydrogens is 380 g/mol. The maximum Gasteiger partial charge on any atom is 0.258 e. The molecule has 3 rings (SSSR count). The maximum atomic E-state index is 12.4. The second-order valence-electron chi connectivity index (χ2n) is 7.38. The van der Waals surface area contributed by atoms with Gasteiger partial charge in [0.2, 0.25) is 5.91 Å². The molecule has 2 aromatic rings. The van der Waals surface area contributed by atoms with E-state index in [2.05, 4.69) is 12.2 Å². The number of hydrogen-bond acceptors (Lipinski definition) is 4. The first-order chi connectivity index (χ1) is 14.7. The standard InChI is InChI=1S/C24H30N2O4/c1-2-19-8-6-7-11-22(19)30-18-23(27)25-20-12-15-26(16-13-20)24(28)14-17-29-21-9-4-3-5-10-21/h3-11,20H,2,12-18H2,1H3,(H,25,27). The van der Waals surface area contributed by atoms with Gasteiger partial charge in [-0.15, -0.1) is 0 Å². The van der Waals surface area contributed by atoms with Crippen LogP contribution >= 0.6 is 0 Å². The number of nitrogens with one attached hydrogen (secondary N) is 1. The first-order valence-corrected chi connectivity index (χ1v) is 10.6. The zero-order valence-corrected chi connectivity index (χ0v) is 17.5. The highest BCUT2D eigenvalue weighted by atomic mass is 16.5. The van der Waals surface area contributed by atoms with Gasteiger partial charge in [0, 0.05) is 19.1 Å². The minimum atomic E-state index is -0.123. The molecule has 2 amide bonds. The fourth-order valence-electron chi connectivity index (χ4n) is 3.55. The Kier molecular flexibility index (Phi) is 8.12. The van der Waals surface area contributed by atoms with E-state index in [1.165, 1.54) is 0 Å². The van der Waals surface area contributed by atoms with Crippen LogP contribution in [0.4, 0.5) is 0 Å². The lowest BCUT2D eigenvalue weighted by Gasteiger charge is -2.32. The van der Waals surface area contributed by atoms with Crippen LogP contribution in [0.2, 0.25) is 0 Å². The van der Waals surface area contributed by atoms with E-state index in [1.807, 2.05) is 59.5 Å². The quantitative estimate of drug-likeness (QED) is 0.689. The van der Waals surface area contributed by atoms with Gasteiger partial charge in [0.1, 0.15) is 11.5 Å². The Hall–Kier alpha value is -3.02. The van der Waals surface area contributed by atoms with Crippen molar-refractivity contribution < 1.29 is 19.1 Å². The second kappa shape index (κ2) is 11.2. The zero-order valence-electron chi connectivity index (χ0n) is 17.5. The van der Waals surface area contributed by atoms with E-state index < -0.39 is 0 Å². The number of likely N-dealkylation sites (tertiary alicyclic amines) is 1. The largest absolute Gasteiger partial charge is 0.493 e. The van der Waals surface area contributed by atoms with Crippen molar-refractivity contribution in [3.63, 3.8) is 0 Å². The van der Waals surface area contributed by atoms with Crippen molar-refractivity contribution in [3.8, 4) is 11.5 Å². The zero-order chi connectivity index (χ0) is 21.2. The molecule has 0 aromatic heterocycles. The summed E-state index contributed by atoms with van der Waals surface area (Å²) in [5.74, 6) is 1.50. The summed E-state index contributed by atoms with van der Waals surface area (Å²) in [5, 5.41) is 3.02. The molecular formula is C24H30N2O4. The van der Waals surface area contributed by atoms with E-state index >= 15 is 0 Å². The molecule has 0 aliphatic carbocycles. The molecule has 6 heteroatoms. The number of piperidine rings is 1. The highest BCUT2D eigenvalue weighted by molar-refractivity contribution is 5.78. The lowest BCUT2D eigenvalue weighted by molar-refractivity contribution is -0.133. The van der Waals surface area contributed by atoms with E-state index in [-0.39, 0.29) is 24.5 Å². The van der Waals surface area contributed by atoms with Crippen molar-refractivity contribution >= 4 is 11.8 Å². The third kappa shape index (κ3) is 6.51. The first kappa shape index (κ1) is 21.7. The van der Waals surface area contributed by atoms with E-state index in [1.54, 1.807) is 0 Å². The maximum absolute atomic E-state index is 12.4. The molecule has 0 spiro atoms. The molecule has 1 aliphatic rings. The number of carbonyl (C=O) groups is 2. The minimum absolute atomic E-state index is 0.00693. The van der Waals surface area contributed by atoms with Crippen LogP contribution in [0.25, 0.3) is 0 Å². The van der Waals surface area contributed by atoms with Gasteiger partial charge in [0.05, 0.1) is 13.0 Å². The number of para-hydroxylation sites is 2. The van der Waals surface area contributed by atoms with Crippen LogP contribution in [-0.2, 0) is 16.0 Å². The smallest absolute Gasteiger partial charge is 0.258 e. The number of amides is 2. The molecule has 1 N–H and O–H groups in total. The Morgan fingerprint density at radius 3 is 2.43 bits per heavy atom. The van der Waals surface area contributed by atoms with Crippen molar-refractivity contribution in [1.82, 2.24) is 10.2 Å². The lowest BCUT2D eigenvalue weighted by Crippen LogP contribution is -2.47. The fourth-order valence-corrected chi connectivity index (χ4v) is 3.55. The van der Waals surface area contributed by atoms with Crippen molar-refractivity contribution in [1.29, 1.82) is 0 Å². The van der Waals surface area contributed by atoms with Gasteiger partial charge in [0.25, 0.3) is 5.91 Å². The van der Waals surface area contributed by atoms with Crippen molar-refractivity contribution in [2.75, 3.05) is 26.3 Å². The number of hydrogen-bond donors (Lipinski definition) is 1. The van der Waals surface area contributed by atoms with Crippen LogP contribution in [0.3, 0.4) is 0 Å². The second-order valence-corrected chi connectivity index (χ2v) is 7.38. The molecule has 0 unspecified atom stereocenters. The molecule has 0 atom stereocenters. The predicted molar refractivity (Wildman–Crippen MR) is 116 cm³/mol. The van der Waals surface area contributed by atoms with Crippen LogP contribution in [-0.4, -0.2) is 49.1 Å². The topological polar surface area (TPSA) is 67.9 Å². The van der Waals surface area contributed by atoms with E-state index in [4.69, 9.17) is 9.47 Å². The van der Waals surface area contributed by atoms with E-state index in [0.717, 1.165) is 36.3 Å². The normalized spacial score (nSPS) is 14.2. The molecule has 1 aliphatic heterocycles. The molecule has 6 nitrogen and oxygen atoms in total. The van der Waals surface area contributed by atoms with Gasteiger partial charge in [0.15, 0.2) is 6.61 Å². The Bertz CT molecular complexity index is 817. The molecule has 1 saturated heterocycles. The molecule has 0 saturated carbocycles. The number of ether oxygens (including phenoxy) is 2. The van der Waals surface area contributed by atoms with Gasteiger partial charge in [-0.1, -0.05) is 43.3 Å². The highest BCUT2D eigenvalue weighted by Crippen LogP contribution is 2.18. The third-order valence-corrected chi connectivity index (χ3v) is 5.25. The van der Waals surface area contributed by atoms with Crippen LogP contribution in [0.1, 0.15) is 31.7 Å². The average Bonchev–Trinajstić information content (AvgIpc) is 2.79. The molecule has 0 radical (unpaired) electrons. The monoisotopic (exact) mass is 410 g/mol. The number of carbonyl (C=O) groups excluding carboxylic acids is 2. The fraction of sp³-hybridized carbons (Fsp3) is 0.417.